The number of hydrogen-bond acceptors (Lipinski definition) is 4. The van der Waals surface area contributed by atoms with Crippen LogP contribution in [0.3, 0.4) is 0 Å². The molecular formula is C13H21N3O2. The Balaban J connectivity index is 1.81. The number of aryl methyl sites for hydroxylation is 1. The third kappa shape index (κ3) is 3.58. The van der Waals surface area contributed by atoms with Crippen LogP contribution in [0.1, 0.15) is 19.3 Å². The first-order valence-corrected chi connectivity index (χ1v) is 6.51. The zero-order chi connectivity index (χ0) is 13.0. The van der Waals surface area contributed by atoms with Gasteiger partial charge >= 0.3 is 0 Å². The van der Waals surface area contributed by atoms with E-state index >= 15 is 0 Å². The number of rotatable bonds is 4. The van der Waals surface area contributed by atoms with E-state index in [2.05, 4.69) is 4.90 Å². The van der Waals surface area contributed by atoms with E-state index in [-0.39, 0.29) is 11.7 Å². The van der Waals surface area contributed by atoms with E-state index in [0.717, 1.165) is 38.9 Å². The molecular weight excluding hydrogens is 230 g/mol. The summed E-state index contributed by atoms with van der Waals surface area (Å²) in [5, 5.41) is 9.56. The van der Waals surface area contributed by atoms with Crippen molar-refractivity contribution in [3.05, 3.63) is 28.7 Å². The van der Waals surface area contributed by atoms with E-state index in [9.17, 15) is 9.90 Å². The number of aliphatic hydroxyl groups is 1. The van der Waals surface area contributed by atoms with Gasteiger partial charge < -0.3 is 20.3 Å². The van der Waals surface area contributed by atoms with Gasteiger partial charge in [0.15, 0.2) is 0 Å². The van der Waals surface area contributed by atoms with Crippen molar-refractivity contribution in [1.29, 1.82) is 0 Å². The van der Waals surface area contributed by atoms with Gasteiger partial charge in [-0.3, -0.25) is 4.79 Å². The van der Waals surface area contributed by atoms with Crippen LogP contribution in [0.25, 0.3) is 0 Å². The lowest BCUT2D eigenvalue weighted by Crippen LogP contribution is -2.39. The smallest absolute Gasteiger partial charge is 0.250 e. The van der Waals surface area contributed by atoms with E-state index in [1.807, 2.05) is 0 Å². The van der Waals surface area contributed by atoms with Crippen molar-refractivity contribution in [2.24, 2.45) is 0 Å². The molecule has 0 spiro atoms. The van der Waals surface area contributed by atoms with Gasteiger partial charge in [0.1, 0.15) is 0 Å². The van der Waals surface area contributed by atoms with Crippen molar-refractivity contribution >= 4 is 5.69 Å². The Hall–Kier alpha value is -1.33. The number of aromatic nitrogens is 1. The highest BCUT2D eigenvalue weighted by molar-refractivity contribution is 5.33. The minimum atomic E-state index is -0.186. The summed E-state index contributed by atoms with van der Waals surface area (Å²) >= 11 is 0. The molecule has 2 rings (SSSR count). The maximum Gasteiger partial charge on any atom is 0.250 e. The number of aliphatic hydroxyl groups excluding tert-OH is 1. The zero-order valence-electron chi connectivity index (χ0n) is 10.6. The first kappa shape index (κ1) is 13.1. The number of nitrogens with zero attached hydrogens (tertiary/aromatic N) is 2. The molecule has 0 saturated carbocycles. The van der Waals surface area contributed by atoms with Crippen molar-refractivity contribution in [3.63, 3.8) is 0 Å². The molecule has 18 heavy (non-hydrogen) atoms. The normalized spacial score (nSPS) is 21.1. The third-order valence-corrected chi connectivity index (χ3v) is 3.36. The van der Waals surface area contributed by atoms with E-state index in [1.165, 1.54) is 6.07 Å². The molecule has 1 atom stereocenters. The fourth-order valence-electron chi connectivity index (χ4n) is 2.42. The molecule has 0 bridgehead atoms. The van der Waals surface area contributed by atoms with Gasteiger partial charge in [0, 0.05) is 31.0 Å². The topological polar surface area (TPSA) is 71.5 Å². The lowest BCUT2D eigenvalue weighted by atomic mass is 10.1. The molecule has 5 heteroatoms. The highest BCUT2D eigenvalue weighted by atomic mass is 16.3. The van der Waals surface area contributed by atoms with Crippen molar-refractivity contribution < 1.29 is 5.11 Å². The van der Waals surface area contributed by atoms with Crippen molar-refractivity contribution in [2.75, 3.05) is 25.4 Å². The van der Waals surface area contributed by atoms with Crippen LogP contribution in [0.4, 0.5) is 5.69 Å². The fraction of sp³-hybridized carbons (Fsp3) is 0.615. The molecule has 1 fully saturated rings. The maximum atomic E-state index is 11.6. The van der Waals surface area contributed by atoms with Crippen molar-refractivity contribution in [2.45, 2.75) is 31.9 Å². The molecule has 1 aromatic rings. The minimum absolute atomic E-state index is 0.0112. The standard InChI is InChI=1S/C13H21N3O2/c14-11-4-5-13(18)16(9-11)8-2-7-15-6-1-3-12(17)10-15/h4-5,9,12,17H,1-3,6-8,10,14H2. The van der Waals surface area contributed by atoms with Crippen molar-refractivity contribution in [1.82, 2.24) is 9.47 Å². The second-order valence-electron chi connectivity index (χ2n) is 4.94. The summed E-state index contributed by atoms with van der Waals surface area (Å²) in [6.45, 7) is 3.39. The first-order chi connectivity index (χ1) is 8.65. The predicted octanol–water partition coefficient (Wildman–Crippen LogP) is 0.277. The summed E-state index contributed by atoms with van der Waals surface area (Å²) < 4.78 is 1.65. The number of pyridine rings is 1. The lowest BCUT2D eigenvalue weighted by Gasteiger charge is -2.29. The Labute approximate surface area is 107 Å². The molecule has 0 radical (unpaired) electrons. The number of anilines is 1. The van der Waals surface area contributed by atoms with Gasteiger partial charge in [-0.15, -0.1) is 0 Å². The molecule has 2 heterocycles. The minimum Gasteiger partial charge on any atom is -0.398 e. The van der Waals surface area contributed by atoms with Gasteiger partial charge in [-0.2, -0.15) is 0 Å². The molecule has 0 aromatic carbocycles. The molecule has 0 aliphatic carbocycles. The molecule has 1 aromatic heterocycles. The molecule has 1 aliphatic rings. The van der Waals surface area contributed by atoms with Crippen LogP contribution in [0, 0.1) is 0 Å². The Morgan fingerprint density at radius 1 is 1.39 bits per heavy atom. The van der Waals surface area contributed by atoms with Crippen molar-refractivity contribution in [3.8, 4) is 0 Å². The zero-order valence-corrected chi connectivity index (χ0v) is 10.6. The summed E-state index contributed by atoms with van der Waals surface area (Å²) in [6.07, 6.45) is 4.36. The Morgan fingerprint density at radius 3 is 3.00 bits per heavy atom. The molecule has 5 nitrogen and oxygen atoms in total. The van der Waals surface area contributed by atoms with Crippen LogP contribution in [-0.2, 0) is 6.54 Å². The lowest BCUT2D eigenvalue weighted by molar-refractivity contribution is 0.0695. The second-order valence-corrected chi connectivity index (χ2v) is 4.94. The van der Waals surface area contributed by atoms with Gasteiger partial charge in [0.2, 0.25) is 0 Å². The second kappa shape index (κ2) is 6.02. The monoisotopic (exact) mass is 251 g/mol. The summed E-state index contributed by atoms with van der Waals surface area (Å²) in [7, 11) is 0. The van der Waals surface area contributed by atoms with Gasteiger partial charge in [-0.1, -0.05) is 0 Å². The van der Waals surface area contributed by atoms with Crippen LogP contribution >= 0.6 is 0 Å². The highest BCUT2D eigenvalue weighted by Crippen LogP contribution is 2.10. The molecule has 1 unspecified atom stereocenters. The van der Waals surface area contributed by atoms with Crippen LogP contribution in [-0.4, -0.2) is 40.3 Å². The summed E-state index contributed by atoms with van der Waals surface area (Å²) in [4.78, 5) is 13.8. The summed E-state index contributed by atoms with van der Waals surface area (Å²) in [5.41, 5.74) is 6.26. The van der Waals surface area contributed by atoms with Gasteiger partial charge in [0.05, 0.1) is 6.10 Å². The Morgan fingerprint density at radius 2 is 2.22 bits per heavy atom. The van der Waals surface area contributed by atoms with Crippen LogP contribution < -0.4 is 11.3 Å². The molecule has 3 N–H and O–H groups in total. The van der Waals surface area contributed by atoms with Crippen LogP contribution in [0.2, 0.25) is 0 Å². The van der Waals surface area contributed by atoms with E-state index in [4.69, 9.17) is 5.73 Å². The number of nitrogen functional groups attached to an aromatic ring is 1. The van der Waals surface area contributed by atoms with Crippen LogP contribution in [0.15, 0.2) is 23.1 Å². The van der Waals surface area contributed by atoms with Crippen LogP contribution in [0.5, 0.6) is 0 Å². The predicted molar refractivity (Wildman–Crippen MR) is 71.4 cm³/mol. The number of likely N-dealkylation sites (tertiary alicyclic amines) is 1. The maximum absolute atomic E-state index is 11.6. The molecule has 100 valence electrons. The number of nitrogens with two attached hydrogens (primary N) is 1. The third-order valence-electron chi connectivity index (χ3n) is 3.36. The quantitative estimate of drug-likeness (QED) is 0.806. The molecule has 1 aliphatic heterocycles. The van der Waals surface area contributed by atoms with E-state index in [1.54, 1.807) is 16.8 Å². The van der Waals surface area contributed by atoms with Gasteiger partial charge in [-0.25, -0.2) is 0 Å². The van der Waals surface area contributed by atoms with E-state index in [0.29, 0.717) is 12.2 Å². The highest BCUT2D eigenvalue weighted by Gasteiger charge is 2.16. The Kier molecular flexibility index (Phi) is 4.38. The number of β-amino-alcohol motifs (C(OH)–C–C–N with tert-alkyl or cyclic N) is 1. The van der Waals surface area contributed by atoms with E-state index < -0.39 is 0 Å². The average Bonchev–Trinajstić information content (AvgIpc) is 2.34. The molecule has 0 amide bonds. The molecule has 1 saturated heterocycles. The first-order valence-electron chi connectivity index (χ1n) is 6.51. The summed E-state index contributed by atoms with van der Waals surface area (Å²) in [5.74, 6) is 0. The fourth-order valence-corrected chi connectivity index (χ4v) is 2.42. The average molecular weight is 251 g/mol. The number of piperidine rings is 1. The van der Waals surface area contributed by atoms with Gasteiger partial charge in [-0.05, 0) is 38.4 Å². The number of hydrogen-bond donors (Lipinski definition) is 2. The largest absolute Gasteiger partial charge is 0.398 e. The summed E-state index contributed by atoms with van der Waals surface area (Å²) in [6, 6.07) is 3.12. The van der Waals surface area contributed by atoms with Gasteiger partial charge in [0.25, 0.3) is 5.56 Å². The Bertz CT molecular complexity index is 444. The SMILES string of the molecule is Nc1ccc(=O)n(CCCN2CCCC(O)C2)c1.